The molecule has 0 radical (unpaired) electrons. The summed E-state index contributed by atoms with van der Waals surface area (Å²) < 4.78 is 0. The fourth-order valence-electron chi connectivity index (χ4n) is 0.966. The molecule has 0 spiro atoms. The van der Waals surface area contributed by atoms with E-state index in [-0.39, 0.29) is 0 Å². The van der Waals surface area contributed by atoms with Gasteiger partial charge in [-0.3, -0.25) is 0 Å². The van der Waals surface area contributed by atoms with Gasteiger partial charge in [0.2, 0.25) is 0 Å². The Morgan fingerprint density at radius 2 is 2.15 bits per heavy atom. The van der Waals surface area contributed by atoms with Crippen LogP contribution in [0.1, 0.15) is 5.56 Å². The fourth-order valence-corrected chi connectivity index (χ4v) is 0.966. The maximum Gasteiger partial charge on any atom is 0.117 e. The van der Waals surface area contributed by atoms with Gasteiger partial charge in [-0.05, 0) is 0 Å². The molecule has 0 fully saturated rings. The van der Waals surface area contributed by atoms with Crippen LogP contribution in [0.4, 0.5) is 0 Å². The van der Waals surface area contributed by atoms with Gasteiger partial charge in [-0.15, -0.1) is 5.73 Å². The van der Waals surface area contributed by atoms with E-state index in [9.17, 15) is 0 Å². The lowest BCUT2D eigenvalue weighted by Crippen LogP contribution is -1.96. The average Bonchev–Trinajstić information content (AvgIpc) is 2.19. The lowest BCUT2D eigenvalue weighted by atomic mass is 10.1. The number of oxime groups is 1. The van der Waals surface area contributed by atoms with Crippen LogP contribution in [0.5, 0.6) is 0 Å². The van der Waals surface area contributed by atoms with Crippen molar-refractivity contribution in [3.63, 3.8) is 0 Å². The molecule has 0 saturated heterocycles. The van der Waals surface area contributed by atoms with Crippen molar-refractivity contribution in [1.29, 1.82) is 0 Å². The topological polar surface area (TPSA) is 21.6 Å². The van der Waals surface area contributed by atoms with Crippen molar-refractivity contribution in [3.05, 3.63) is 54.3 Å². The molecule has 0 unspecified atom stereocenters. The molecule has 0 bridgehead atoms. The number of rotatable bonds is 3. The lowest BCUT2D eigenvalue weighted by molar-refractivity contribution is 0.214. The second kappa shape index (κ2) is 4.96. The van der Waals surface area contributed by atoms with Crippen molar-refractivity contribution in [3.8, 4) is 0 Å². The van der Waals surface area contributed by atoms with E-state index in [2.05, 4.69) is 17.5 Å². The molecular formula is C11H11NO. The van der Waals surface area contributed by atoms with E-state index >= 15 is 0 Å². The van der Waals surface area contributed by atoms with Crippen molar-refractivity contribution >= 4 is 5.71 Å². The Morgan fingerprint density at radius 1 is 1.46 bits per heavy atom. The molecule has 1 rings (SSSR count). The summed E-state index contributed by atoms with van der Waals surface area (Å²) in [4.78, 5) is 4.70. The average molecular weight is 173 g/mol. The highest BCUT2D eigenvalue weighted by Crippen LogP contribution is 2.02. The summed E-state index contributed by atoms with van der Waals surface area (Å²) in [6.45, 7) is 3.49. The first kappa shape index (κ1) is 9.30. The van der Waals surface area contributed by atoms with Crippen LogP contribution in [0.3, 0.4) is 0 Å². The van der Waals surface area contributed by atoms with Crippen LogP contribution in [0.15, 0.2) is 53.9 Å². The summed E-state index contributed by atoms with van der Waals surface area (Å²) in [6.07, 6.45) is 1.68. The van der Waals surface area contributed by atoms with Crippen LogP contribution >= 0.6 is 0 Å². The normalized spacial score (nSPS) is 10.4. The standard InChI is InChI=1S/C11H11NO/c1-3-7-11(12-13-2)10-8-5-4-6-9-10/h4-9H,1H2,2H3/b12-11+. The Kier molecular flexibility index (Phi) is 3.55. The van der Waals surface area contributed by atoms with Gasteiger partial charge in [0, 0.05) is 11.6 Å². The van der Waals surface area contributed by atoms with E-state index in [1.54, 1.807) is 6.08 Å². The monoisotopic (exact) mass is 173 g/mol. The predicted molar refractivity (Wildman–Crippen MR) is 53.7 cm³/mol. The molecule has 1 aromatic rings. The SMILES string of the molecule is C=C=C/C(=N\OC)c1ccccc1. The number of allylic oxidation sites excluding steroid dienone is 1. The minimum absolute atomic E-state index is 0.720. The molecule has 0 aliphatic carbocycles. The number of hydrogen-bond donors (Lipinski definition) is 0. The van der Waals surface area contributed by atoms with Gasteiger partial charge in [0.15, 0.2) is 0 Å². The van der Waals surface area contributed by atoms with Gasteiger partial charge in [0.1, 0.15) is 12.8 Å². The van der Waals surface area contributed by atoms with Crippen molar-refractivity contribution in [2.24, 2.45) is 5.16 Å². The zero-order valence-electron chi connectivity index (χ0n) is 7.53. The van der Waals surface area contributed by atoms with Crippen LogP contribution in [0.25, 0.3) is 0 Å². The second-order valence-corrected chi connectivity index (χ2v) is 2.37. The molecule has 66 valence electrons. The molecule has 13 heavy (non-hydrogen) atoms. The van der Waals surface area contributed by atoms with Crippen LogP contribution in [-0.2, 0) is 4.84 Å². The van der Waals surface area contributed by atoms with E-state index < -0.39 is 0 Å². The van der Waals surface area contributed by atoms with Crippen molar-refractivity contribution in [1.82, 2.24) is 0 Å². The maximum atomic E-state index is 4.70. The Morgan fingerprint density at radius 3 is 2.69 bits per heavy atom. The summed E-state index contributed by atoms with van der Waals surface area (Å²) in [6, 6.07) is 9.73. The van der Waals surface area contributed by atoms with Crippen molar-refractivity contribution in [2.45, 2.75) is 0 Å². The molecule has 0 heterocycles. The van der Waals surface area contributed by atoms with Crippen molar-refractivity contribution in [2.75, 3.05) is 7.11 Å². The molecule has 1 aromatic carbocycles. The van der Waals surface area contributed by atoms with E-state index in [1.165, 1.54) is 7.11 Å². The second-order valence-electron chi connectivity index (χ2n) is 2.37. The third-order valence-corrected chi connectivity index (χ3v) is 1.50. The molecule has 0 aliphatic heterocycles. The number of benzene rings is 1. The highest BCUT2D eigenvalue weighted by atomic mass is 16.6. The smallest absolute Gasteiger partial charge is 0.117 e. The summed E-state index contributed by atoms with van der Waals surface area (Å²) in [5.74, 6) is 0. The predicted octanol–water partition coefficient (Wildman–Crippen LogP) is 2.38. The zero-order chi connectivity index (χ0) is 9.52. The Bertz CT molecular complexity index is 334. The molecule has 0 aliphatic rings. The van der Waals surface area contributed by atoms with E-state index in [0.717, 1.165) is 11.3 Å². The van der Waals surface area contributed by atoms with Gasteiger partial charge in [-0.1, -0.05) is 42.1 Å². The number of hydrogen-bond acceptors (Lipinski definition) is 2. The number of nitrogens with zero attached hydrogens (tertiary/aromatic N) is 1. The highest BCUT2D eigenvalue weighted by molar-refractivity contribution is 6.08. The molecule has 2 nitrogen and oxygen atoms in total. The molecular weight excluding hydrogens is 162 g/mol. The van der Waals surface area contributed by atoms with E-state index in [0.29, 0.717) is 0 Å². The van der Waals surface area contributed by atoms with Crippen LogP contribution in [-0.4, -0.2) is 12.8 Å². The molecule has 0 atom stereocenters. The Labute approximate surface area is 77.8 Å². The molecule has 0 saturated carbocycles. The van der Waals surface area contributed by atoms with Crippen LogP contribution in [0, 0.1) is 0 Å². The lowest BCUT2D eigenvalue weighted by Gasteiger charge is -1.98. The summed E-state index contributed by atoms with van der Waals surface area (Å²) in [7, 11) is 1.51. The third kappa shape index (κ3) is 2.62. The van der Waals surface area contributed by atoms with Crippen molar-refractivity contribution < 1.29 is 4.84 Å². The van der Waals surface area contributed by atoms with Gasteiger partial charge in [0.25, 0.3) is 0 Å². The van der Waals surface area contributed by atoms with Crippen LogP contribution < -0.4 is 0 Å². The zero-order valence-corrected chi connectivity index (χ0v) is 7.53. The summed E-state index contributed by atoms with van der Waals surface area (Å²) >= 11 is 0. The largest absolute Gasteiger partial charge is 0.399 e. The molecule has 0 aromatic heterocycles. The minimum Gasteiger partial charge on any atom is -0.399 e. The Balaban J connectivity index is 3.03. The first-order valence-corrected chi connectivity index (χ1v) is 3.91. The highest BCUT2D eigenvalue weighted by Gasteiger charge is 1.97. The molecule has 0 N–H and O–H groups in total. The third-order valence-electron chi connectivity index (χ3n) is 1.50. The summed E-state index contributed by atoms with van der Waals surface area (Å²) in [5.41, 5.74) is 4.37. The van der Waals surface area contributed by atoms with E-state index in [4.69, 9.17) is 4.84 Å². The summed E-state index contributed by atoms with van der Waals surface area (Å²) in [5, 5.41) is 3.84. The Hall–Kier alpha value is -1.79. The maximum absolute atomic E-state index is 4.70. The van der Waals surface area contributed by atoms with Gasteiger partial charge >= 0.3 is 0 Å². The van der Waals surface area contributed by atoms with Gasteiger partial charge < -0.3 is 4.84 Å². The first-order chi connectivity index (χ1) is 6.38. The first-order valence-electron chi connectivity index (χ1n) is 3.91. The quantitative estimate of drug-likeness (QED) is 0.390. The van der Waals surface area contributed by atoms with Gasteiger partial charge in [-0.2, -0.15) is 0 Å². The van der Waals surface area contributed by atoms with Gasteiger partial charge in [0.05, 0.1) is 0 Å². The molecule has 0 amide bonds. The van der Waals surface area contributed by atoms with Gasteiger partial charge in [-0.25, -0.2) is 0 Å². The minimum atomic E-state index is 0.720. The molecule has 2 heteroatoms. The fraction of sp³-hybridized carbons (Fsp3) is 0.0909. The van der Waals surface area contributed by atoms with Crippen LogP contribution in [0.2, 0.25) is 0 Å². The van der Waals surface area contributed by atoms with E-state index in [1.807, 2.05) is 30.3 Å².